The smallest absolute Gasteiger partial charge is 0.412 e. The molecule has 0 heterocycles. The Morgan fingerprint density at radius 1 is 1.25 bits per heavy atom. The maximum Gasteiger partial charge on any atom is 0.412 e. The quantitative estimate of drug-likeness (QED) is 0.818. The van der Waals surface area contributed by atoms with E-state index >= 15 is 0 Å². The van der Waals surface area contributed by atoms with Crippen LogP contribution in [0.4, 0.5) is 10.5 Å². The number of amides is 1. The summed E-state index contributed by atoms with van der Waals surface area (Å²) in [5.74, 6) is 2.75. The highest BCUT2D eigenvalue weighted by molar-refractivity contribution is 5.86. The van der Waals surface area contributed by atoms with Crippen molar-refractivity contribution < 1.29 is 9.53 Å². The van der Waals surface area contributed by atoms with E-state index in [0.717, 1.165) is 16.8 Å². The number of carbonyl (C=O) groups is 1. The van der Waals surface area contributed by atoms with Gasteiger partial charge in [0.2, 0.25) is 0 Å². The molecule has 0 aliphatic heterocycles. The zero-order valence-corrected chi connectivity index (χ0v) is 13.1. The second-order valence-corrected chi connectivity index (χ2v) is 6.43. The minimum atomic E-state index is -0.520. The summed E-state index contributed by atoms with van der Waals surface area (Å²) in [5.41, 5.74) is 1.77. The van der Waals surface area contributed by atoms with Gasteiger partial charge in [0.1, 0.15) is 5.60 Å². The largest absolute Gasteiger partial charge is 0.444 e. The standard InChI is InChI=1S/C17H23NO2/c1-8-17(6,7)13-10-9-12(2)14(11-13)18-15(19)20-16(3,4)5/h1,9-11H,2-7H3,(H,18,19). The Morgan fingerprint density at radius 2 is 1.85 bits per heavy atom. The van der Waals surface area contributed by atoms with E-state index < -0.39 is 11.7 Å². The van der Waals surface area contributed by atoms with Crippen LogP contribution >= 0.6 is 0 Å². The van der Waals surface area contributed by atoms with E-state index in [0.29, 0.717) is 0 Å². The Hall–Kier alpha value is -1.95. The number of aryl methyl sites for hydroxylation is 1. The molecule has 20 heavy (non-hydrogen) atoms. The van der Waals surface area contributed by atoms with Gasteiger partial charge >= 0.3 is 6.09 Å². The van der Waals surface area contributed by atoms with E-state index in [1.54, 1.807) is 0 Å². The van der Waals surface area contributed by atoms with E-state index in [4.69, 9.17) is 11.2 Å². The first-order valence-corrected chi connectivity index (χ1v) is 6.64. The van der Waals surface area contributed by atoms with Crippen molar-refractivity contribution >= 4 is 11.8 Å². The third-order valence-electron chi connectivity index (χ3n) is 2.96. The fourth-order valence-corrected chi connectivity index (χ4v) is 1.64. The lowest BCUT2D eigenvalue weighted by Crippen LogP contribution is -2.27. The van der Waals surface area contributed by atoms with Crippen molar-refractivity contribution in [1.29, 1.82) is 0 Å². The summed E-state index contributed by atoms with van der Waals surface area (Å²) in [7, 11) is 0. The van der Waals surface area contributed by atoms with Crippen molar-refractivity contribution in [2.24, 2.45) is 0 Å². The van der Waals surface area contributed by atoms with Crippen LogP contribution in [0.15, 0.2) is 18.2 Å². The molecule has 0 saturated heterocycles. The van der Waals surface area contributed by atoms with Gasteiger partial charge in [0.15, 0.2) is 0 Å². The first-order chi connectivity index (χ1) is 9.05. The molecule has 0 aliphatic carbocycles. The molecule has 0 spiro atoms. The summed E-state index contributed by atoms with van der Waals surface area (Å²) in [4.78, 5) is 11.8. The van der Waals surface area contributed by atoms with Crippen molar-refractivity contribution in [2.75, 3.05) is 5.32 Å². The Labute approximate surface area is 121 Å². The molecule has 0 aromatic heterocycles. The van der Waals surface area contributed by atoms with Crippen LogP contribution in [0, 0.1) is 19.3 Å². The fourth-order valence-electron chi connectivity index (χ4n) is 1.64. The highest BCUT2D eigenvalue weighted by Gasteiger charge is 2.20. The Kier molecular flexibility index (Phi) is 4.50. The van der Waals surface area contributed by atoms with Crippen molar-refractivity contribution in [2.45, 2.75) is 52.6 Å². The molecule has 1 N–H and O–H groups in total. The number of terminal acetylenes is 1. The zero-order chi connectivity index (χ0) is 15.6. The average molecular weight is 273 g/mol. The number of anilines is 1. The molecule has 1 aromatic carbocycles. The van der Waals surface area contributed by atoms with Crippen LogP contribution in [-0.2, 0) is 10.2 Å². The molecule has 1 amide bonds. The van der Waals surface area contributed by atoms with E-state index in [1.165, 1.54) is 0 Å². The van der Waals surface area contributed by atoms with Crippen LogP contribution in [0.1, 0.15) is 45.7 Å². The number of hydrogen-bond acceptors (Lipinski definition) is 2. The van der Waals surface area contributed by atoms with E-state index in [2.05, 4.69) is 11.2 Å². The molecule has 1 aromatic rings. The highest BCUT2D eigenvalue weighted by atomic mass is 16.6. The number of rotatable bonds is 2. The number of nitrogens with one attached hydrogen (secondary N) is 1. The predicted molar refractivity (Wildman–Crippen MR) is 82.9 cm³/mol. The van der Waals surface area contributed by atoms with Gasteiger partial charge in [-0.05, 0) is 58.7 Å². The molecule has 3 heteroatoms. The van der Waals surface area contributed by atoms with Gasteiger partial charge in [-0.25, -0.2) is 4.79 Å². The molecule has 0 atom stereocenters. The minimum Gasteiger partial charge on any atom is -0.444 e. The Balaban J connectivity index is 2.99. The lowest BCUT2D eigenvalue weighted by molar-refractivity contribution is 0.0636. The monoisotopic (exact) mass is 273 g/mol. The lowest BCUT2D eigenvalue weighted by atomic mass is 9.85. The molecule has 0 radical (unpaired) electrons. The zero-order valence-electron chi connectivity index (χ0n) is 13.1. The highest BCUT2D eigenvalue weighted by Crippen LogP contribution is 2.27. The fraction of sp³-hybridized carbons (Fsp3) is 0.471. The van der Waals surface area contributed by atoms with E-state index in [-0.39, 0.29) is 5.41 Å². The van der Waals surface area contributed by atoms with Crippen molar-refractivity contribution in [3.8, 4) is 12.3 Å². The normalized spacial score (nSPS) is 11.7. The van der Waals surface area contributed by atoms with E-state index in [1.807, 2.05) is 59.7 Å². The molecule has 0 aliphatic rings. The third-order valence-corrected chi connectivity index (χ3v) is 2.96. The van der Waals surface area contributed by atoms with Gasteiger partial charge in [-0.3, -0.25) is 5.32 Å². The van der Waals surface area contributed by atoms with Gasteiger partial charge in [0, 0.05) is 5.69 Å². The maximum atomic E-state index is 11.8. The summed E-state index contributed by atoms with van der Waals surface area (Å²) in [6, 6.07) is 5.83. The Morgan fingerprint density at radius 3 is 2.35 bits per heavy atom. The predicted octanol–water partition coefficient (Wildman–Crippen LogP) is 4.25. The first-order valence-electron chi connectivity index (χ1n) is 6.64. The molecule has 0 unspecified atom stereocenters. The van der Waals surface area contributed by atoms with Gasteiger partial charge in [0.05, 0.1) is 5.41 Å². The second-order valence-electron chi connectivity index (χ2n) is 6.43. The summed E-state index contributed by atoms with van der Waals surface area (Å²) < 4.78 is 5.26. The van der Waals surface area contributed by atoms with Gasteiger partial charge in [-0.1, -0.05) is 18.1 Å². The molecule has 0 bridgehead atoms. The third kappa shape index (κ3) is 4.31. The Bertz CT molecular complexity index is 545. The van der Waals surface area contributed by atoms with Crippen LogP contribution < -0.4 is 5.32 Å². The summed E-state index contributed by atoms with van der Waals surface area (Å²) in [6.07, 6.45) is 5.09. The van der Waals surface area contributed by atoms with Gasteiger partial charge in [-0.15, -0.1) is 6.42 Å². The summed E-state index contributed by atoms with van der Waals surface area (Å²) in [6.45, 7) is 11.4. The summed E-state index contributed by atoms with van der Waals surface area (Å²) in [5, 5.41) is 2.77. The van der Waals surface area contributed by atoms with Crippen LogP contribution in [0.3, 0.4) is 0 Å². The SMILES string of the molecule is C#CC(C)(C)c1ccc(C)c(NC(=O)OC(C)(C)C)c1. The molecule has 108 valence electrons. The van der Waals surface area contributed by atoms with Crippen LogP contribution in [0.2, 0.25) is 0 Å². The lowest BCUT2D eigenvalue weighted by Gasteiger charge is -2.22. The van der Waals surface area contributed by atoms with Crippen LogP contribution in [0.5, 0.6) is 0 Å². The van der Waals surface area contributed by atoms with Crippen LogP contribution in [-0.4, -0.2) is 11.7 Å². The van der Waals surface area contributed by atoms with Gasteiger partial charge < -0.3 is 4.74 Å². The molecule has 3 nitrogen and oxygen atoms in total. The summed E-state index contributed by atoms with van der Waals surface area (Å²) >= 11 is 0. The minimum absolute atomic E-state index is 0.377. The van der Waals surface area contributed by atoms with E-state index in [9.17, 15) is 4.79 Å². The number of ether oxygens (including phenoxy) is 1. The molecule has 1 rings (SSSR count). The van der Waals surface area contributed by atoms with Crippen molar-refractivity contribution in [3.05, 3.63) is 29.3 Å². The van der Waals surface area contributed by atoms with Crippen molar-refractivity contribution in [3.63, 3.8) is 0 Å². The van der Waals surface area contributed by atoms with Crippen LogP contribution in [0.25, 0.3) is 0 Å². The maximum absolute atomic E-state index is 11.8. The topological polar surface area (TPSA) is 38.3 Å². The molecular formula is C17H23NO2. The van der Waals surface area contributed by atoms with Gasteiger partial charge in [-0.2, -0.15) is 0 Å². The second kappa shape index (κ2) is 5.58. The first kappa shape index (κ1) is 16.1. The number of carbonyl (C=O) groups excluding carboxylic acids is 1. The molecule has 0 saturated carbocycles. The molecule has 0 fully saturated rings. The number of benzene rings is 1. The van der Waals surface area contributed by atoms with Crippen molar-refractivity contribution in [1.82, 2.24) is 0 Å². The average Bonchev–Trinajstić information content (AvgIpc) is 2.29. The van der Waals surface area contributed by atoms with Gasteiger partial charge in [0.25, 0.3) is 0 Å². The number of hydrogen-bond donors (Lipinski definition) is 1. The molecular weight excluding hydrogens is 250 g/mol.